The highest BCUT2D eigenvalue weighted by Gasteiger charge is 2.29. The first-order valence-electron chi connectivity index (χ1n) is 5.28. The van der Waals surface area contributed by atoms with Crippen LogP contribution in [0.3, 0.4) is 0 Å². The Morgan fingerprint density at radius 2 is 1.89 bits per heavy atom. The van der Waals surface area contributed by atoms with Gasteiger partial charge < -0.3 is 5.11 Å². The van der Waals surface area contributed by atoms with Gasteiger partial charge in [-0.25, -0.2) is 4.79 Å². The van der Waals surface area contributed by atoms with Crippen molar-refractivity contribution in [3.63, 3.8) is 0 Å². The summed E-state index contributed by atoms with van der Waals surface area (Å²) in [6.45, 7) is 0.214. The fraction of sp³-hybridized carbons (Fsp3) is 0.167. The number of hydrogen-bond acceptors (Lipinski definition) is 2. The molecule has 0 radical (unpaired) electrons. The van der Waals surface area contributed by atoms with Crippen LogP contribution in [0.1, 0.15) is 21.5 Å². The minimum Gasteiger partial charge on any atom is -0.478 e. The van der Waals surface area contributed by atoms with E-state index < -0.39 is 17.7 Å². The lowest BCUT2D eigenvalue weighted by Gasteiger charge is -2.07. The van der Waals surface area contributed by atoms with Crippen molar-refractivity contribution in [1.82, 2.24) is 9.78 Å². The third-order valence-electron chi connectivity index (χ3n) is 2.51. The second-order valence-electron chi connectivity index (χ2n) is 3.93. The van der Waals surface area contributed by atoms with Crippen molar-refractivity contribution in [2.24, 2.45) is 0 Å². The van der Waals surface area contributed by atoms with Crippen LogP contribution < -0.4 is 0 Å². The van der Waals surface area contributed by atoms with Crippen molar-refractivity contribution in [3.8, 4) is 0 Å². The summed E-state index contributed by atoms with van der Waals surface area (Å²) in [7, 11) is 0. The Bertz CT molecular complexity index is 588. The van der Waals surface area contributed by atoms with Crippen molar-refractivity contribution < 1.29 is 23.1 Å². The lowest BCUT2D eigenvalue weighted by molar-refractivity contribution is -0.137. The van der Waals surface area contributed by atoms with Gasteiger partial charge in [0.05, 0.1) is 23.9 Å². The van der Waals surface area contributed by atoms with E-state index in [0.717, 1.165) is 12.1 Å². The molecular formula is C12H9F3N2O2. The average Bonchev–Trinajstić information content (AvgIpc) is 2.77. The number of benzene rings is 1. The number of halogens is 3. The number of carbonyl (C=O) groups is 1. The molecule has 1 heterocycles. The number of nitrogens with zero attached hydrogens (tertiary/aromatic N) is 2. The topological polar surface area (TPSA) is 55.1 Å². The van der Waals surface area contributed by atoms with Gasteiger partial charge in [0.15, 0.2) is 0 Å². The SMILES string of the molecule is O=C(O)c1cnn(Cc2ccc(C(F)(F)F)cc2)c1. The second-order valence-corrected chi connectivity index (χ2v) is 3.93. The maximum absolute atomic E-state index is 12.4. The second kappa shape index (κ2) is 4.75. The first-order chi connectivity index (χ1) is 8.86. The van der Waals surface area contributed by atoms with Crippen LogP contribution in [0, 0.1) is 0 Å². The van der Waals surface area contributed by atoms with Gasteiger partial charge in [-0.15, -0.1) is 0 Å². The molecule has 100 valence electrons. The molecule has 0 unspecified atom stereocenters. The summed E-state index contributed by atoms with van der Waals surface area (Å²) in [5.74, 6) is -1.10. The normalized spacial score (nSPS) is 11.5. The van der Waals surface area contributed by atoms with E-state index in [4.69, 9.17) is 5.11 Å². The number of rotatable bonds is 3. The van der Waals surface area contributed by atoms with Gasteiger partial charge in [0.25, 0.3) is 0 Å². The molecule has 1 aromatic heterocycles. The van der Waals surface area contributed by atoms with Crippen molar-refractivity contribution in [3.05, 3.63) is 53.3 Å². The van der Waals surface area contributed by atoms with E-state index in [9.17, 15) is 18.0 Å². The molecule has 2 aromatic rings. The predicted molar refractivity (Wildman–Crippen MR) is 59.7 cm³/mol. The van der Waals surface area contributed by atoms with E-state index in [1.165, 1.54) is 29.2 Å². The molecule has 1 aromatic carbocycles. The van der Waals surface area contributed by atoms with E-state index in [2.05, 4.69) is 5.10 Å². The maximum atomic E-state index is 12.4. The molecule has 0 aliphatic carbocycles. The zero-order valence-electron chi connectivity index (χ0n) is 9.55. The number of aromatic nitrogens is 2. The molecule has 0 aliphatic heterocycles. The Morgan fingerprint density at radius 3 is 2.37 bits per heavy atom. The van der Waals surface area contributed by atoms with E-state index >= 15 is 0 Å². The highest BCUT2D eigenvalue weighted by atomic mass is 19.4. The minimum atomic E-state index is -4.36. The number of hydrogen-bond donors (Lipinski definition) is 1. The Hall–Kier alpha value is -2.31. The number of alkyl halides is 3. The fourth-order valence-corrected chi connectivity index (χ4v) is 1.55. The summed E-state index contributed by atoms with van der Waals surface area (Å²) in [6, 6.07) is 4.64. The fourth-order valence-electron chi connectivity index (χ4n) is 1.55. The summed E-state index contributed by atoms with van der Waals surface area (Å²) in [5.41, 5.74) is -0.0807. The summed E-state index contributed by atoms with van der Waals surface area (Å²) in [4.78, 5) is 10.6. The molecule has 19 heavy (non-hydrogen) atoms. The first kappa shape index (κ1) is 13.1. The molecule has 0 bridgehead atoms. The minimum absolute atomic E-state index is 0.0342. The van der Waals surface area contributed by atoms with Crippen LogP contribution in [0.4, 0.5) is 13.2 Å². The molecule has 0 amide bonds. The molecular weight excluding hydrogens is 261 g/mol. The van der Waals surface area contributed by atoms with Crippen molar-refractivity contribution >= 4 is 5.97 Å². The zero-order chi connectivity index (χ0) is 14.0. The molecule has 0 spiro atoms. The van der Waals surface area contributed by atoms with Crippen LogP contribution in [0.2, 0.25) is 0 Å². The molecule has 0 fully saturated rings. The molecule has 4 nitrogen and oxygen atoms in total. The Labute approximate surface area is 106 Å². The summed E-state index contributed by atoms with van der Waals surface area (Å²) < 4.78 is 38.4. The highest BCUT2D eigenvalue weighted by Crippen LogP contribution is 2.29. The maximum Gasteiger partial charge on any atom is 0.416 e. The van der Waals surface area contributed by atoms with Crippen LogP contribution in [0.15, 0.2) is 36.7 Å². The Morgan fingerprint density at radius 1 is 1.26 bits per heavy atom. The smallest absolute Gasteiger partial charge is 0.416 e. The lowest BCUT2D eigenvalue weighted by atomic mass is 10.1. The molecule has 2 rings (SSSR count). The van der Waals surface area contributed by atoms with Crippen LogP contribution in [0.25, 0.3) is 0 Å². The monoisotopic (exact) mass is 270 g/mol. The summed E-state index contributed by atoms with van der Waals surface area (Å²) in [5, 5.41) is 12.5. The van der Waals surface area contributed by atoms with E-state index in [0.29, 0.717) is 5.56 Å². The van der Waals surface area contributed by atoms with Gasteiger partial charge in [-0.05, 0) is 17.7 Å². The van der Waals surface area contributed by atoms with Crippen molar-refractivity contribution in [1.29, 1.82) is 0 Å². The van der Waals surface area contributed by atoms with E-state index in [1.807, 2.05) is 0 Å². The largest absolute Gasteiger partial charge is 0.478 e. The molecule has 0 atom stereocenters. The molecule has 0 saturated heterocycles. The van der Waals surface area contributed by atoms with Gasteiger partial charge >= 0.3 is 12.1 Å². The molecule has 7 heteroatoms. The third-order valence-corrected chi connectivity index (χ3v) is 2.51. The van der Waals surface area contributed by atoms with Crippen LogP contribution in [0.5, 0.6) is 0 Å². The number of aromatic carboxylic acids is 1. The summed E-state index contributed by atoms with van der Waals surface area (Å²) in [6.07, 6.45) is -1.85. The standard InChI is InChI=1S/C12H9F3N2O2/c13-12(14,15)10-3-1-8(2-4-10)6-17-7-9(5-16-17)11(18)19/h1-5,7H,6H2,(H,18,19). The van der Waals surface area contributed by atoms with Crippen LogP contribution >= 0.6 is 0 Å². The summed E-state index contributed by atoms with van der Waals surface area (Å²) >= 11 is 0. The average molecular weight is 270 g/mol. The van der Waals surface area contributed by atoms with E-state index in [1.54, 1.807) is 0 Å². The van der Waals surface area contributed by atoms with Gasteiger partial charge in [0, 0.05) is 6.20 Å². The quantitative estimate of drug-likeness (QED) is 0.932. The van der Waals surface area contributed by atoms with E-state index in [-0.39, 0.29) is 12.1 Å². The number of carboxylic acid groups (broad SMARTS) is 1. The molecule has 0 aliphatic rings. The Kier molecular flexibility index (Phi) is 3.28. The van der Waals surface area contributed by atoms with Crippen LogP contribution in [-0.4, -0.2) is 20.9 Å². The third kappa shape index (κ3) is 3.12. The van der Waals surface area contributed by atoms with Gasteiger partial charge in [-0.2, -0.15) is 18.3 Å². The Balaban J connectivity index is 2.13. The van der Waals surface area contributed by atoms with Gasteiger partial charge in [-0.3, -0.25) is 4.68 Å². The lowest BCUT2D eigenvalue weighted by Crippen LogP contribution is -2.05. The molecule has 0 saturated carbocycles. The highest BCUT2D eigenvalue weighted by molar-refractivity contribution is 5.86. The van der Waals surface area contributed by atoms with Gasteiger partial charge in [0.2, 0.25) is 0 Å². The first-order valence-corrected chi connectivity index (χ1v) is 5.28. The zero-order valence-corrected chi connectivity index (χ0v) is 9.55. The number of carboxylic acids is 1. The van der Waals surface area contributed by atoms with Crippen molar-refractivity contribution in [2.75, 3.05) is 0 Å². The van der Waals surface area contributed by atoms with Crippen LogP contribution in [-0.2, 0) is 12.7 Å². The van der Waals surface area contributed by atoms with Crippen molar-refractivity contribution in [2.45, 2.75) is 12.7 Å². The van der Waals surface area contributed by atoms with Gasteiger partial charge in [0.1, 0.15) is 0 Å². The predicted octanol–water partition coefficient (Wildman–Crippen LogP) is 2.65. The molecule has 1 N–H and O–H groups in total. The van der Waals surface area contributed by atoms with Gasteiger partial charge in [-0.1, -0.05) is 12.1 Å².